The molecule has 0 spiro atoms. The minimum Gasteiger partial charge on any atom is -0.313 e. The van der Waals surface area contributed by atoms with Crippen LogP contribution in [0.3, 0.4) is 0 Å². The molecule has 0 aliphatic heterocycles. The lowest BCUT2D eigenvalue weighted by molar-refractivity contribution is 0.723. The van der Waals surface area contributed by atoms with E-state index in [9.17, 15) is 0 Å². The van der Waals surface area contributed by atoms with Crippen molar-refractivity contribution in [3.05, 3.63) is 16.4 Å². The summed E-state index contributed by atoms with van der Waals surface area (Å²) in [6, 6.07) is 0. The summed E-state index contributed by atoms with van der Waals surface area (Å²) in [5.41, 5.74) is 1.20. The summed E-state index contributed by atoms with van der Waals surface area (Å²) >= 11 is 3.38. The van der Waals surface area contributed by atoms with E-state index in [1.807, 2.05) is 13.2 Å². The van der Waals surface area contributed by atoms with Crippen molar-refractivity contribution in [1.82, 2.24) is 15.1 Å². The van der Waals surface area contributed by atoms with Crippen LogP contribution in [0.2, 0.25) is 0 Å². The molecule has 0 fully saturated rings. The third kappa shape index (κ3) is 2.31. The van der Waals surface area contributed by atoms with Crippen molar-refractivity contribution in [2.45, 2.75) is 13.5 Å². The maximum Gasteiger partial charge on any atom is 0.132 e. The molecule has 0 unspecified atom stereocenters. The zero-order valence-corrected chi connectivity index (χ0v) is 8.35. The number of nitrogens with one attached hydrogen (secondary N) is 1. The second-order valence-electron chi connectivity index (χ2n) is 2.40. The van der Waals surface area contributed by atoms with Crippen molar-refractivity contribution in [2.75, 3.05) is 6.54 Å². The van der Waals surface area contributed by atoms with Gasteiger partial charge in [0.1, 0.15) is 4.60 Å². The van der Waals surface area contributed by atoms with Gasteiger partial charge in [-0.3, -0.25) is 4.68 Å². The average Bonchev–Trinajstić information content (AvgIpc) is 2.26. The Morgan fingerprint density at radius 1 is 1.73 bits per heavy atom. The maximum atomic E-state index is 4.16. The minimum absolute atomic E-state index is 0.880. The van der Waals surface area contributed by atoms with E-state index >= 15 is 0 Å². The highest BCUT2D eigenvalue weighted by Crippen LogP contribution is 2.12. The third-order valence-corrected chi connectivity index (χ3v) is 2.09. The molecule has 0 bridgehead atoms. The fraction of sp³-hybridized carbons (Fsp3) is 0.571. The molecule has 0 atom stereocenters. The third-order valence-electron chi connectivity index (χ3n) is 1.42. The van der Waals surface area contributed by atoms with E-state index in [4.69, 9.17) is 0 Å². The first-order valence-corrected chi connectivity index (χ1v) is 4.42. The zero-order valence-electron chi connectivity index (χ0n) is 6.76. The van der Waals surface area contributed by atoms with Gasteiger partial charge in [-0.1, -0.05) is 6.92 Å². The Morgan fingerprint density at radius 3 is 2.91 bits per heavy atom. The van der Waals surface area contributed by atoms with Gasteiger partial charge >= 0.3 is 0 Å². The molecule has 0 saturated carbocycles. The Labute approximate surface area is 74.9 Å². The normalized spacial score (nSPS) is 10.5. The first-order chi connectivity index (χ1) is 5.24. The summed E-state index contributed by atoms with van der Waals surface area (Å²) in [5, 5.41) is 7.39. The smallest absolute Gasteiger partial charge is 0.132 e. The predicted molar refractivity (Wildman–Crippen MR) is 48.3 cm³/mol. The molecule has 0 amide bonds. The quantitative estimate of drug-likeness (QED) is 0.828. The van der Waals surface area contributed by atoms with Gasteiger partial charge in [-0.15, -0.1) is 0 Å². The molecule has 1 N–H and O–H groups in total. The highest BCUT2D eigenvalue weighted by Gasteiger charge is 2.01. The van der Waals surface area contributed by atoms with Gasteiger partial charge in [0.05, 0.1) is 0 Å². The number of nitrogens with zero attached hydrogens (tertiary/aromatic N) is 2. The molecule has 0 aliphatic carbocycles. The van der Waals surface area contributed by atoms with E-state index in [2.05, 4.69) is 33.3 Å². The van der Waals surface area contributed by atoms with Crippen LogP contribution in [0, 0.1) is 0 Å². The minimum atomic E-state index is 0.880. The Hall–Kier alpha value is -0.350. The molecule has 1 rings (SSSR count). The number of hydrogen-bond acceptors (Lipinski definition) is 2. The highest BCUT2D eigenvalue weighted by atomic mass is 79.9. The van der Waals surface area contributed by atoms with E-state index in [0.717, 1.165) is 17.7 Å². The van der Waals surface area contributed by atoms with Crippen LogP contribution < -0.4 is 5.32 Å². The Bertz CT molecular complexity index is 232. The zero-order chi connectivity index (χ0) is 8.27. The Kier molecular flexibility index (Phi) is 3.08. The van der Waals surface area contributed by atoms with Gasteiger partial charge in [0, 0.05) is 25.4 Å². The summed E-state index contributed by atoms with van der Waals surface area (Å²) in [7, 11) is 1.92. The van der Waals surface area contributed by atoms with E-state index in [-0.39, 0.29) is 0 Å². The van der Waals surface area contributed by atoms with Crippen LogP contribution in [-0.4, -0.2) is 16.3 Å². The molecule has 0 saturated heterocycles. The standard InChI is InChI=1S/C7H12BrN3/c1-3-9-4-6-5-11(2)10-7(6)8/h5,9H,3-4H2,1-2H3. The van der Waals surface area contributed by atoms with Crippen molar-refractivity contribution in [3.63, 3.8) is 0 Å². The van der Waals surface area contributed by atoms with Crippen molar-refractivity contribution < 1.29 is 0 Å². The van der Waals surface area contributed by atoms with E-state index in [1.165, 1.54) is 5.56 Å². The lowest BCUT2D eigenvalue weighted by atomic mass is 10.3. The molecule has 1 heterocycles. The average molecular weight is 218 g/mol. The highest BCUT2D eigenvalue weighted by molar-refractivity contribution is 9.10. The summed E-state index contributed by atoms with van der Waals surface area (Å²) in [4.78, 5) is 0. The van der Waals surface area contributed by atoms with Crippen LogP contribution in [0.15, 0.2) is 10.8 Å². The largest absolute Gasteiger partial charge is 0.313 e. The fourth-order valence-electron chi connectivity index (χ4n) is 0.889. The van der Waals surface area contributed by atoms with Crippen molar-refractivity contribution in [1.29, 1.82) is 0 Å². The van der Waals surface area contributed by atoms with Crippen LogP contribution >= 0.6 is 15.9 Å². The lowest BCUT2D eigenvalue weighted by Crippen LogP contribution is -2.11. The summed E-state index contributed by atoms with van der Waals surface area (Å²) in [6.07, 6.45) is 2.01. The molecule has 11 heavy (non-hydrogen) atoms. The van der Waals surface area contributed by atoms with Gasteiger partial charge in [-0.2, -0.15) is 5.10 Å². The Balaban J connectivity index is 2.62. The number of aryl methyl sites for hydroxylation is 1. The second-order valence-corrected chi connectivity index (χ2v) is 3.15. The number of hydrogen-bond donors (Lipinski definition) is 1. The molecule has 1 aromatic rings. The van der Waals surface area contributed by atoms with Crippen LogP contribution in [-0.2, 0) is 13.6 Å². The summed E-state index contributed by atoms with van der Waals surface area (Å²) < 4.78 is 2.73. The van der Waals surface area contributed by atoms with Crippen LogP contribution in [0.4, 0.5) is 0 Å². The number of aromatic nitrogens is 2. The van der Waals surface area contributed by atoms with E-state index in [0.29, 0.717) is 0 Å². The van der Waals surface area contributed by atoms with Crippen molar-refractivity contribution in [2.24, 2.45) is 7.05 Å². The SMILES string of the molecule is CCNCc1cn(C)nc1Br. The van der Waals surface area contributed by atoms with Gasteiger partial charge in [0.15, 0.2) is 0 Å². The first kappa shape index (κ1) is 8.74. The molecule has 3 nitrogen and oxygen atoms in total. The monoisotopic (exact) mass is 217 g/mol. The lowest BCUT2D eigenvalue weighted by Gasteiger charge is -1.96. The van der Waals surface area contributed by atoms with Crippen LogP contribution in [0.25, 0.3) is 0 Å². The second kappa shape index (κ2) is 3.88. The predicted octanol–water partition coefficient (Wildman–Crippen LogP) is 1.29. The molecule has 0 radical (unpaired) electrons. The van der Waals surface area contributed by atoms with Crippen molar-refractivity contribution in [3.8, 4) is 0 Å². The fourth-order valence-corrected chi connectivity index (χ4v) is 1.38. The molecule has 4 heteroatoms. The topological polar surface area (TPSA) is 29.9 Å². The van der Waals surface area contributed by atoms with E-state index in [1.54, 1.807) is 4.68 Å². The van der Waals surface area contributed by atoms with E-state index < -0.39 is 0 Å². The molecule has 62 valence electrons. The first-order valence-electron chi connectivity index (χ1n) is 3.62. The summed E-state index contributed by atoms with van der Waals surface area (Å²) in [6.45, 7) is 3.95. The molecular formula is C7H12BrN3. The van der Waals surface area contributed by atoms with Gasteiger partial charge < -0.3 is 5.32 Å². The molecular weight excluding hydrogens is 206 g/mol. The van der Waals surface area contributed by atoms with Crippen LogP contribution in [0.1, 0.15) is 12.5 Å². The molecule has 1 aromatic heterocycles. The molecule has 0 aliphatic rings. The van der Waals surface area contributed by atoms with Crippen LogP contribution in [0.5, 0.6) is 0 Å². The Morgan fingerprint density at radius 2 is 2.45 bits per heavy atom. The number of rotatable bonds is 3. The van der Waals surface area contributed by atoms with Gasteiger partial charge in [-0.25, -0.2) is 0 Å². The van der Waals surface area contributed by atoms with Gasteiger partial charge in [-0.05, 0) is 22.5 Å². The number of halogens is 1. The van der Waals surface area contributed by atoms with Gasteiger partial charge in [0.25, 0.3) is 0 Å². The van der Waals surface area contributed by atoms with Crippen molar-refractivity contribution >= 4 is 15.9 Å². The summed E-state index contributed by atoms with van der Waals surface area (Å²) in [5.74, 6) is 0. The maximum absolute atomic E-state index is 4.16. The molecule has 0 aromatic carbocycles. The van der Waals surface area contributed by atoms with Gasteiger partial charge in [0.2, 0.25) is 0 Å².